The predicted molar refractivity (Wildman–Crippen MR) is 95.8 cm³/mol. The molecule has 1 N–H and O–H groups in total. The molecule has 0 unspecified atom stereocenters. The Labute approximate surface area is 143 Å². The van der Waals surface area contributed by atoms with Gasteiger partial charge in [-0.3, -0.25) is 14.6 Å². The Bertz CT molecular complexity index is 981. The fraction of sp³-hybridized carbons (Fsp3) is 0.167. The van der Waals surface area contributed by atoms with Gasteiger partial charge in [-0.15, -0.1) is 0 Å². The van der Waals surface area contributed by atoms with Crippen molar-refractivity contribution in [3.8, 4) is 0 Å². The van der Waals surface area contributed by atoms with Crippen LogP contribution in [-0.4, -0.2) is 15.5 Å². The van der Waals surface area contributed by atoms with E-state index in [1.54, 1.807) is 36.7 Å². The quantitative estimate of drug-likeness (QED) is 0.791. The molecule has 0 radical (unpaired) electrons. The van der Waals surface area contributed by atoms with Crippen LogP contribution in [0.4, 0.5) is 5.69 Å². The summed E-state index contributed by atoms with van der Waals surface area (Å²) in [5, 5.41) is 3.78. The average Bonchev–Trinajstić information content (AvgIpc) is 2.59. The van der Waals surface area contributed by atoms with E-state index in [9.17, 15) is 9.59 Å². The molecule has 0 aliphatic rings. The minimum Gasteiger partial charge on any atom is -0.346 e. The van der Waals surface area contributed by atoms with E-state index >= 15 is 0 Å². The Morgan fingerprint density at radius 1 is 1.33 bits per heavy atom. The van der Waals surface area contributed by atoms with Gasteiger partial charge in [-0.05, 0) is 43.7 Å². The van der Waals surface area contributed by atoms with Crippen LogP contribution in [-0.2, 0) is 6.54 Å². The lowest BCUT2D eigenvalue weighted by Gasteiger charge is -2.14. The number of hydrogen-bond acceptors (Lipinski definition) is 3. The Balaban J connectivity index is 2.16. The molecule has 1 amide bonds. The van der Waals surface area contributed by atoms with Gasteiger partial charge in [-0.25, -0.2) is 0 Å². The third-order valence-corrected chi connectivity index (χ3v) is 4.34. The molecule has 3 aromatic rings. The number of anilines is 1. The van der Waals surface area contributed by atoms with Gasteiger partial charge in [0.15, 0.2) is 0 Å². The normalized spacial score (nSPS) is 10.8. The Hall–Kier alpha value is -2.66. The van der Waals surface area contributed by atoms with Gasteiger partial charge in [-0.2, -0.15) is 0 Å². The number of benzene rings is 1. The van der Waals surface area contributed by atoms with Crippen LogP contribution in [0.15, 0.2) is 47.7 Å². The van der Waals surface area contributed by atoms with E-state index < -0.39 is 5.91 Å². The lowest BCUT2D eigenvalue weighted by molar-refractivity contribution is 0.102. The molecule has 0 saturated heterocycles. The van der Waals surface area contributed by atoms with Gasteiger partial charge in [0.2, 0.25) is 5.43 Å². The maximum Gasteiger partial charge on any atom is 0.261 e. The monoisotopic (exact) mass is 341 g/mol. The number of fused-ring (bicyclic) bond motifs is 1. The molecule has 0 atom stereocenters. The van der Waals surface area contributed by atoms with Crippen LogP contribution < -0.4 is 10.7 Å². The minimum absolute atomic E-state index is 0.0925. The minimum atomic E-state index is -0.454. The van der Waals surface area contributed by atoms with Gasteiger partial charge in [0.05, 0.1) is 17.4 Å². The standard InChI is InChI=1S/C18H16ClN3O2/c1-3-22-10-14(18(24)21-12-5-4-8-20-9-12)17(23)13-6-7-15(19)11(2)16(13)22/h4-10H,3H2,1-2H3,(H,21,24). The molecule has 24 heavy (non-hydrogen) atoms. The van der Waals surface area contributed by atoms with Crippen LogP contribution in [0.2, 0.25) is 5.02 Å². The van der Waals surface area contributed by atoms with E-state index in [4.69, 9.17) is 11.6 Å². The summed E-state index contributed by atoms with van der Waals surface area (Å²) in [5.74, 6) is -0.454. The van der Waals surface area contributed by atoms with E-state index in [0.717, 1.165) is 11.1 Å². The number of carbonyl (C=O) groups excluding carboxylic acids is 1. The van der Waals surface area contributed by atoms with Crippen molar-refractivity contribution < 1.29 is 4.79 Å². The highest BCUT2D eigenvalue weighted by atomic mass is 35.5. The van der Waals surface area contributed by atoms with Crippen molar-refractivity contribution in [2.24, 2.45) is 0 Å². The van der Waals surface area contributed by atoms with Crippen molar-refractivity contribution >= 4 is 34.1 Å². The third-order valence-electron chi connectivity index (χ3n) is 3.93. The van der Waals surface area contributed by atoms with Crippen molar-refractivity contribution in [2.75, 3.05) is 5.32 Å². The van der Waals surface area contributed by atoms with Gasteiger partial charge in [0.25, 0.3) is 5.91 Å². The number of carbonyl (C=O) groups is 1. The fourth-order valence-electron chi connectivity index (χ4n) is 2.70. The zero-order valence-electron chi connectivity index (χ0n) is 13.3. The summed E-state index contributed by atoms with van der Waals surface area (Å²) in [6.45, 7) is 4.43. The fourth-order valence-corrected chi connectivity index (χ4v) is 2.85. The zero-order valence-corrected chi connectivity index (χ0v) is 14.1. The predicted octanol–water partition coefficient (Wildman–Crippen LogP) is 3.63. The SMILES string of the molecule is CCn1cc(C(=O)Nc2cccnc2)c(=O)c2ccc(Cl)c(C)c21. The average molecular weight is 342 g/mol. The number of pyridine rings is 2. The zero-order chi connectivity index (χ0) is 17.3. The maximum atomic E-state index is 12.8. The summed E-state index contributed by atoms with van der Waals surface area (Å²) in [6, 6.07) is 6.78. The second kappa shape index (κ2) is 6.45. The van der Waals surface area contributed by atoms with E-state index in [-0.39, 0.29) is 11.0 Å². The Morgan fingerprint density at radius 3 is 2.79 bits per heavy atom. The maximum absolute atomic E-state index is 12.8. The first-order chi connectivity index (χ1) is 11.5. The number of amides is 1. The smallest absolute Gasteiger partial charge is 0.261 e. The van der Waals surface area contributed by atoms with Crippen molar-refractivity contribution in [3.05, 3.63) is 69.2 Å². The van der Waals surface area contributed by atoms with Crippen LogP contribution in [0, 0.1) is 6.92 Å². The molecule has 1 aromatic carbocycles. The lowest BCUT2D eigenvalue weighted by atomic mass is 10.1. The number of aryl methyl sites for hydroxylation is 2. The van der Waals surface area contributed by atoms with Crippen LogP contribution in [0.3, 0.4) is 0 Å². The number of nitrogens with one attached hydrogen (secondary N) is 1. The summed E-state index contributed by atoms with van der Waals surface area (Å²) in [5.41, 5.74) is 1.91. The summed E-state index contributed by atoms with van der Waals surface area (Å²) in [6.07, 6.45) is 4.73. The Kier molecular flexibility index (Phi) is 4.36. The lowest BCUT2D eigenvalue weighted by Crippen LogP contribution is -2.24. The highest BCUT2D eigenvalue weighted by Crippen LogP contribution is 2.24. The molecule has 0 aliphatic carbocycles. The van der Waals surface area contributed by atoms with Gasteiger partial charge < -0.3 is 9.88 Å². The van der Waals surface area contributed by atoms with E-state index in [0.29, 0.717) is 22.6 Å². The number of nitrogens with zero attached hydrogens (tertiary/aromatic N) is 2. The van der Waals surface area contributed by atoms with Crippen LogP contribution in [0.1, 0.15) is 22.8 Å². The highest BCUT2D eigenvalue weighted by molar-refractivity contribution is 6.32. The van der Waals surface area contributed by atoms with E-state index in [2.05, 4.69) is 10.3 Å². The van der Waals surface area contributed by atoms with Crippen molar-refractivity contribution in [3.63, 3.8) is 0 Å². The Morgan fingerprint density at radius 2 is 2.12 bits per heavy atom. The molecular formula is C18H16ClN3O2. The van der Waals surface area contributed by atoms with Crippen molar-refractivity contribution in [1.29, 1.82) is 0 Å². The summed E-state index contributed by atoms with van der Waals surface area (Å²) >= 11 is 6.18. The molecule has 0 bridgehead atoms. The molecule has 122 valence electrons. The molecule has 2 heterocycles. The number of aromatic nitrogens is 2. The van der Waals surface area contributed by atoms with Crippen LogP contribution >= 0.6 is 11.6 Å². The summed E-state index contributed by atoms with van der Waals surface area (Å²) in [4.78, 5) is 29.2. The first-order valence-electron chi connectivity index (χ1n) is 7.56. The molecule has 2 aromatic heterocycles. The van der Waals surface area contributed by atoms with Crippen molar-refractivity contribution in [1.82, 2.24) is 9.55 Å². The first-order valence-corrected chi connectivity index (χ1v) is 7.94. The van der Waals surface area contributed by atoms with Gasteiger partial charge >= 0.3 is 0 Å². The summed E-state index contributed by atoms with van der Waals surface area (Å²) < 4.78 is 1.87. The second-order valence-electron chi connectivity index (χ2n) is 5.42. The molecule has 0 saturated carbocycles. The summed E-state index contributed by atoms with van der Waals surface area (Å²) in [7, 11) is 0. The third kappa shape index (κ3) is 2.78. The number of halogens is 1. The number of hydrogen-bond donors (Lipinski definition) is 1. The van der Waals surface area contributed by atoms with E-state index in [1.165, 1.54) is 6.20 Å². The molecule has 6 heteroatoms. The van der Waals surface area contributed by atoms with Gasteiger partial charge in [0.1, 0.15) is 5.56 Å². The van der Waals surface area contributed by atoms with Gasteiger partial charge in [0, 0.05) is 29.3 Å². The molecule has 0 aliphatic heterocycles. The van der Waals surface area contributed by atoms with Crippen LogP contribution in [0.5, 0.6) is 0 Å². The number of rotatable bonds is 3. The molecule has 0 spiro atoms. The van der Waals surface area contributed by atoms with Crippen molar-refractivity contribution in [2.45, 2.75) is 20.4 Å². The van der Waals surface area contributed by atoms with Gasteiger partial charge in [-0.1, -0.05) is 11.6 Å². The topological polar surface area (TPSA) is 64.0 Å². The molecule has 3 rings (SSSR count). The highest BCUT2D eigenvalue weighted by Gasteiger charge is 2.17. The molecular weight excluding hydrogens is 326 g/mol. The molecule has 5 nitrogen and oxygen atoms in total. The second-order valence-corrected chi connectivity index (χ2v) is 5.83. The molecule has 0 fully saturated rings. The first kappa shape index (κ1) is 16.2. The van der Waals surface area contributed by atoms with E-state index in [1.807, 2.05) is 18.4 Å². The largest absolute Gasteiger partial charge is 0.346 e. The van der Waals surface area contributed by atoms with Crippen LogP contribution in [0.25, 0.3) is 10.9 Å².